The molecule has 1 heterocycles. The highest BCUT2D eigenvalue weighted by Crippen LogP contribution is 2.29. The van der Waals surface area contributed by atoms with Gasteiger partial charge in [0.1, 0.15) is 23.0 Å². The number of sulfonamides is 1. The quantitative estimate of drug-likeness (QED) is 0.324. The number of imidazole rings is 1. The van der Waals surface area contributed by atoms with E-state index in [2.05, 4.69) is 15.0 Å². The Morgan fingerprint density at radius 1 is 1.26 bits per heavy atom. The molecule has 0 aliphatic rings. The Labute approximate surface area is 206 Å². The van der Waals surface area contributed by atoms with Crippen LogP contribution in [-0.4, -0.2) is 53.4 Å². The molecule has 0 radical (unpaired) electrons. The minimum absolute atomic E-state index is 0.0984. The van der Waals surface area contributed by atoms with Gasteiger partial charge in [-0.05, 0) is 37.3 Å². The van der Waals surface area contributed by atoms with Crippen molar-refractivity contribution < 1.29 is 32.6 Å². The number of aromatic nitrogens is 2. The number of carboxylic acids is 1. The largest absolute Gasteiger partial charge is 0.487 e. The van der Waals surface area contributed by atoms with Crippen molar-refractivity contribution in [3.63, 3.8) is 0 Å². The first-order valence-corrected chi connectivity index (χ1v) is 12.2. The molecule has 11 nitrogen and oxygen atoms in total. The van der Waals surface area contributed by atoms with Crippen molar-refractivity contribution in [2.24, 2.45) is 0 Å². The van der Waals surface area contributed by atoms with Crippen molar-refractivity contribution in [1.29, 1.82) is 0 Å². The van der Waals surface area contributed by atoms with Crippen molar-refractivity contribution in [2.45, 2.75) is 43.9 Å². The Morgan fingerprint density at radius 3 is 2.66 bits per heavy atom. The van der Waals surface area contributed by atoms with E-state index >= 15 is 0 Å². The van der Waals surface area contributed by atoms with Gasteiger partial charge in [-0.1, -0.05) is 11.6 Å². The van der Waals surface area contributed by atoms with Gasteiger partial charge in [-0.2, -0.15) is 0 Å². The summed E-state index contributed by atoms with van der Waals surface area (Å²) in [6.07, 6.45) is 0.508. The number of nitrogens with one attached hydrogen (secondary N) is 2. The highest BCUT2D eigenvalue weighted by molar-refractivity contribution is 7.89. The van der Waals surface area contributed by atoms with Gasteiger partial charge in [0.25, 0.3) is 0 Å². The summed E-state index contributed by atoms with van der Waals surface area (Å²) in [5.74, 6) is -1.82. The first-order valence-electron chi connectivity index (χ1n) is 10.4. The molecule has 1 unspecified atom stereocenters. The molecular formula is C22H23ClN4O7S. The van der Waals surface area contributed by atoms with Crippen LogP contribution in [0.2, 0.25) is 5.02 Å². The van der Waals surface area contributed by atoms with Crippen LogP contribution in [0.15, 0.2) is 47.6 Å². The summed E-state index contributed by atoms with van der Waals surface area (Å²) < 4.78 is 35.8. The molecule has 0 saturated heterocycles. The minimum Gasteiger partial charge on any atom is -0.487 e. The Morgan fingerprint density at radius 2 is 2.00 bits per heavy atom. The predicted octanol–water partition coefficient (Wildman–Crippen LogP) is 2.44. The zero-order valence-electron chi connectivity index (χ0n) is 18.8. The van der Waals surface area contributed by atoms with Gasteiger partial charge >= 0.3 is 5.97 Å². The van der Waals surface area contributed by atoms with Crippen LogP contribution in [0.25, 0.3) is 11.0 Å². The number of carbonyl (C=O) groups is 3. The van der Waals surface area contributed by atoms with Gasteiger partial charge in [-0.15, -0.1) is 0 Å². The van der Waals surface area contributed by atoms with Crippen LogP contribution < -0.4 is 14.8 Å². The number of halogens is 1. The van der Waals surface area contributed by atoms with Crippen molar-refractivity contribution in [3.05, 3.63) is 47.7 Å². The van der Waals surface area contributed by atoms with Gasteiger partial charge in [0.15, 0.2) is 0 Å². The number of carboxylic acid groups (broad SMARTS) is 1. The van der Waals surface area contributed by atoms with Crippen molar-refractivity contribution in [3.8, 4) is 5.75 Å². The Bertz CT molecular complexity index is 1370. The van der Waals surface area contributed by atoms with Gasteiger partial charge in [0.05, 0.1) is 36.4 Å². The third kappa shape index (κ3) is 6.78. The van der Waals surface area contributed by atoms with Crippen LogP contribution in [-0.2, 0) is 31.0 Å². The van der Waals surface area contributed by atoms with Crippen LogP contribution in [0.5, 0.6) is 5.75 Å². The van der Waals surface area contributed by atoms with E-state index in [1.165, 1.54) is 25.1 Å². The molecular weight excluding hydrogens is 500 g/mol. The molecule has 2 aromatic carbocycles. The number of fused-ring (bicyclic) bond motifs is 1. The van der Waals surface area contributed by atoms with Crippen LogP contribution in [0, 0.1) is 0 Å². The van der Waals surface area contributed by atoms with Crippen molar-refractivity contribution in [2.75, 3.05) is 5.32 Å². The zero-order chi connectivity index (χ0) is 25.8. The van der Waals surface area contributed by atoms with Gasteiger partial charge in [-0.25, -0.2) is 18.1 Å². The fourth-order valence-corrected chi connectivity index (χ4v) is 4.83. The number of amides is 1. The number of carbonyl (C=O) groups excluding carboxylic acids is 2. The topological polar surface area (TPSA) is 157 Å². The molecule has 13 heteroatoms. The van der Waals surface area contributed by atoms with E-state index in [-0.39, 0.29) is 35.1 Å². The average molecular weight is 523 g/mol. The second-order valence-electron chi connectivity index (χ2n) is 7.76. The summed E-state index contributed by atoms with van der Waals surface area (Å²) >= 11 is 6.09. The Hall–Kier alpha value is -3.48. The van der Waals surface area contributed by atoms with Crippen LogP contribution in [0.4, 0.5) is 5.69 Å². The maximum atomic E-state index is 13.0. The monoisotopic (exact) mass is 522 g/mol. The molecule has 0 fully saturated rings. The smallest absolute Gasteiger partial charge is 0.305 e. The van der Waals surface area contributed by atoms with Gasteiger partial charge in [0, 0.05) is 23.7 Å². The normalized spacial score (nSPS) is 13.2. The lowest BCUT2D eigenvalue weighted by Gasteiger charge is -2.20. The highest BCUT2D eigenvalue weighted by atomic mass is 35.5. The molecule has 35 heavy (non-hydrogen) atoms. The summed E-state index contributed by atoms with van der Waals surface area (Å²) in [5, 5.41) is 12.0. The van der Waals surface area contributed by atoms with Gasteiger partial charge in [0.2, 0.25) is 15.9 Å². The summed E-state index contributed by atoms with van der Waals surface area (Å²) in [5.41, 5.74) is 1.77. The molecule has 2 atom stereocenters. The van der Waals surface area contributed by atoms with Gasteiger partial charge in [-0.3, -0.25) is 9.59 Å². The lowest BCUT2D eigenvalue weighted by molar-refractivity contribution is -0.138. The average Bonchev–Trinajstić information content (AvgIpc) is 3.13. The molecule has 0 bridgehead atoms. The third-order valence-electron chi connectivity index (χ3n) is 4.78. The molecule has 0 saturated carbocycles. The standard InChI is InChI=1S/C22H23ClN4O7S/c1-13(10-27-12-24-18-5-3-15(23)7-19(18)27)34-20-8-16(25-14(2)29)4-6-21(20)35(32,33)26-17(11-28)9-22(30)31/h3-8,11-13,17,26H,9-10H2,1-2H3,(H,25,29)(H,30,31)/t13-,17?/m1/s1. The molecule has 3 rings (SSSR count). The first kappa shape index (κ1) is 26.1. The van der Waals surface area contributed by atoms with E-state index < -0.39 is 34.6 Å². The summed E-state index contributed by atoms with van der Waals surface area (Å²) in [6.45, 7) is 3.29. The van der Waals surface area contributed by atoms with E-state index in [0.29, 0.717) is 5.02 Å². The molecule has 1 aromatic heterocycles. The number of ether oxygens (including phenoxy) is 1. The number of hydrogen-bond acceptors (Lipinski definition) is 7. The summed E-state index contributed by atoms with van der Waals surface area (Å²) in [7, 11) is -4.36. The highest BCUT2D eigenvalue weighted by Gasteiger charge is 2.26. The van der Waals surface area contributed by atoms with E-state index in [4.69, 9.17) is 21.4 Å². The molecule has 3 aromatic rings. The minimum atomic E-state index is -4.36. The van der Waals surface area contributed by atoms with Crippen molar-refractivity contribution >= 4 is 56.5 Å². The second kappa shape index (κ2) is 10.8. The SMILES string of the molecule is CC(=O)Nc1ccc(S(=O)(=O)NC(C=O)CC(=O)O)c(O[C@H](C)Cn2cnc3ccc(Cl)cc32)c1. The van der Waals surface area contributed by atoms with E-state index in [9.17, 15) is 22.8 Å². The summed E-state index contributed by atoms with van der Waals surface area (Å²) in [6, 6.07) is 7.65. The number of aldehydes is 1. The van der Waals surface area contributed by atoms with E-state index in [1.54, 1.807) is 36.0 Å². The fraction of sp³-hybridized carbons (Fsp3) is 0.273. The molecule has 0 aliphatic carbocycles. The predicted molar refractivity (Wildman–Crippen MR) is 128 cm³/mol. The number of hydrogen-bond donors (Lipinski definition) is 3. The Balaban J connectivity index is 1.91. The van der Waals surface area contributed by atoms with Gasteiger partial charge < -0.3 is 24.5 Å². The second-order valence-corrected chi connectivity index (χ2v) is 9.88. The maximum absolute atomic E-state index is 13.0. The lowest BCUT2D eigenvalue weighted by atomic mass is 10.2. The van der Waals surface area contributed by atoms with Crippen LogP contribution in [0.3, 0.4) is 0 Å². The molecule has 1 amide bonds. The van der Waals surface area contributed by atoms with Crippen LogP contribution in [0.1, 0.15) is 20.3 Å². The van der Waals surface area contributed by atoms with Crippen LogP contribution >= 0.6 is 11.6 Å². The molecule has 0 spiro atoms. The third-order valence-corrected chi connectivity index (χ3v) is 6.55. The number of anilines is 1. The number of aliphatic carboxylic acids is 1. The molecule has 0 aliphatic heterocycles. The lowest BCUT2D eigenvalue weighted by Crippen LogP contribution is -2.37. The number of benzene rings is 2. The number of nitrogens with zero attached hydrogens (tertiary/aromatic N) is 2. The van der Waals surface area contributed by atoms with E-state index in [0.717, 1.165) is 11.0 Å². The van der Waals surface area contributed by atoms with Crippen molar-refractivity contribution in [1.82, 2.24) is 14.3 Å². The molecule has 186 valence electrons. The maximum Gasteiger partial charge on any atom is 0.305 e. The zero-order valence-corrected chi connectivity index (χ0v) is 20.3. The fourth-order valence-electron chi connectivity index (χ4n) is 3.38. The Kier molecular flexibility index (Phi) is 8.10. The first-order chi connectivity index (χ1) is 16.5. The number of rotatable bonds is 11. The van der Waals surface area contributed by atoms with E-state index in [1.807, 2.05) is 0 Å². The molecule has 3 N–H and O–H groups in total. The summed E-state index contributed by atoms with van der Waals surface area (Å²) in [4.78, 5) is 37.6.